The number of rotatable bonds is 4. The highest BCUT2D eigenvalue weighted by atomic mass is 32.1. The molecule has 0 aliphatic rings. The van der Waals surface area contributed by atoms with Crippen LogP contribution in [0.2, 0.25) is 0 Å². The number of nitrogens with one attached hydrogen (secondary N) is 2. The fraction of sp³-hybridized carbons (Fsp3) is 0.357. The molecular formula is C14H18N4OS. The van der Waals surface area contributed by atoms with E-state index in [-0.39, 0.29) is 11.9 Å². The molecule has 0 saturated heterocycles. The Morgan fingerprint density at radius 1 is 1.45 bits per heavy atom. The number of carbonyl (C=O) groups excluding carboxylic acids is 1. The third-order valence-corrected chi connectivity index (χ3v) is 3.46. The molecule has 2 aromatic rings. The van der Waals surface area contributed by atoms with Crippen molar-refractivity contribution in [3.63, 3.8) is 0 Å². The van der Waals surface area contributed by atoms with E-state index in [1.165, 1.54) is 0 Å². The maximum Gasteiger partial charge on any atom is 0.251 e. The van der Waals surface area contributed by atoms with Gasteiger partial charge < -0.3 is 9.88 Å². The van der Waals surface area contributed by atoms with Crippen LogP contribution < -0.4 is 5.32 Å². The molecule has 0 unspecified atom stereocenters. The van der Waals surface area contributed by atoms with Crippen LogP contribution in [0.4, 0.5) is 0 Å². The summed E-state index contributed by atoms with van der Waals surface area (Å²) in [6.45, 7) is 6.59. The van der Waals surface area contributed by atoms with Crippen molar-refractivity contribution in [2.45, 2.75) is 33.4 Å². The first-order chi connectivity index (χ1) is 9.52. The second-order valence-corrected chi connectivity index (χ2v) is 5.08. The Morgan fingerprint density at radius 3 is 2.70 bits per heavy atom. The summed E-state index contributed by atoms with van der Waals surface area (Å²) in [6, 6.07) is 7.25. The van der Waals surface area contributed by atoms with Gasteiger partial charge in [-0.2, -0.15) is 5.10 Å². The van der Waals surface area contributed by atoms with Crippen LogP contribution in [0, 0.1) is 11.7 Å². The predicted molar refractivity (Wildman–Crippen MR) is 80.1 cm³/mol. The molecule has 1 aromatic carbocycles. The molecule has 1 aromatic heterocycles. The van der Waals surface area contributed by atoms with E-state index in [1.807, 2.05) is 49.6 Å². The van der Waals surface area contributed by atoms with Crippen molar-refractivity contribution in [2.75, 3.05) is 0 Å². The van der Waals surface area contributed by atoms with Crippen molar-refractivity contribution in [3.05, 3.63) is 46.0 Å². The summed E-state index contributed by atoms with van der Waals surface area (Å²) in [5.41, 5.74) is 1.76. The van der Waals surface area contributed by atoms with Crippen molar-refractivity contribution in [2.24, 2.45) is 0 Å². The molecule has 1 amide bonds. The number of aryl methyl sites for hydroxylation is 1. The van der Waals surface area contributed by atoms with Gasteiger partial charge in [0.25, 0.3) is 5.91 Å². The maximum atomic E-state index is 12.2. The molecule has 0 fully saturated rings. The molecule has 0 saturated carbocycles. The molecule has 2 rings (SSSR count). The van der Waals surface area contributed by atoms with Crippen LogP contribution in [0.5, 0.6) is 0 Å². The summed E-state index contributed by atoms with van der Waals surface area (Å²) in [5.74, 6) is 0.618. The van der Waals surface area contributed by atoms with Gasteiger partial charge in [0.2, 0.25) is 0 Å². The molecule has 0 spiro atoms. The summed E-state index contributed by atoms with van der Waals surface area (Å²) >= 11 is 5.14. The molecule has 0 bridgehead atoms. The van der Waals surface area contributed by atoms with Crippen molar-refractivity contribution in [1.82, 2.24) is 20.1 Å². The van der Waals surface area contributed by atoms with E-state index in [0.29, 0.717) is 10.3 Å². The van der Waals surface area contributed by atoms with Crippen molar-refractivity contribution in [1.29, 1.82) is 0 Å². The lowest BCUT2D eigenvalue weighted by Gasteiger charge is -2.14. The van der Waals surface area contributed by atoms with Gasteiger partial charge in [-0.05, 0) is 45.1 Å². The van der Waals surface area contributed by atoms with Crippen molar-refractivity contribution in [3.8, 4) is 0 Å². The lowest BCUT2D eigenvalue weighted by atomic mass is 10.1. The smallest absolute Gasteiger partial charge is 0.251 e. The number of H-pyrrole nitrogens is 1. The molecule has 0 aliphatic heterocycles. The van der Waals surface area contributed by atoms with Crippen LogP contribution in [-0.2, 0) is 6.54 Å². The first-order valence-electron chi connectivity index (χ1n) is 6.55. The SMILES string of the molecule is CCn1c([C@@H](C)NC(=O)c2ccc(C)cc2)n[nH]c1=S. The highest BCUT2D eigenvalue weighted by Crippen LogP contribution is 2.11. The third-order valence-electron chi connectivity index (χ3n) is 3.15. The minimum absolute atomic E-state index is 0.117. The van der Waals surface area contributed by atoms with Crippen LogP contribution in [0.25, 0.3) is 0 Å². The molecule has 6 heteroatoms. The normalized spacial score (nSPS) is 12.2. The van der Waals surface area contributed by atoms with E-state index >= 15 is 0 Å². The number of amides is 1. The quantitative estimate of drug-likeness (QED) is 0.851. The van der Waals surface area contributed by atoms with Gasteiger partial charge in [-0.25, -0.2) is 0 Å². The van der Waals surface area contributed by atoms with Gasteiger partial charge in [0, 0.05) is 12.1 Å². The Morgan fingerprint density at radius 2 is 2.10 bits per heavy atom. The molecule has 1 heterocycles. The number of nitrogens with zero attached hydrogens (tertiary/aromatic N) is 2. The number of aromatic amines is 1. The van der Waals surface area contributed by atoms with Crippen molar-refractivity contribution >= 4 is 18.1 Å². The monoisotopic (exact) mass is 290 g/mol. The van der Waals surface area contributed by atoms with E-state index in [1.54, 1.807) is 0 Å². The first-order valence-corrected chi connectivity index (χ1v) is 6.96. The molecule has 1 atom stereocenters. The zero-order valence-corrected chi connectivity index (χ0v) is 12.6. The Labute approximate surface area is 123 Å². The molecule has 20 heavy (non-hydrogen) atoms. The third kappa shape index (κ3) is 2.96. The summed E-state index contributed by atoms with van der Waals surface area (Å²) < 4.78 is 2.44. The number of benzene rings is 1. The minimum atomic E-state index is -0.211. The Balaban J connectivity index is 2.15. The van der Waals surface area contributed by atoms with Gasteiger partial charge in [-0.15, -0.1) is 0 Å². The summed E-state index contributed by atoms with van der Waals surface area (Å²) in [4.78, 5) is 12.2. The molecule has 5 nitrogen and oxygen atoms in total. The van der Waals surface area contributed by atoms with E-state index in [9.17, 15) is 4.79 Å². The number of carbonyl (C=O) groups is 1. The Kier molecular flexibility index (Phi) is 4.34. The molecule has 0 radical (unpaired) electrons. The summed E-state index contributed by atoms with van der Waals surface area (Å²) in [5, 5.41) is 9.86. The highest BCUT2D eigenvalue weighted by molar-refractivity contribution is 7.71. The average molecular weight is 290 g/mol. The van der Waals surface area contributed by atoms with E-state index in [0.717, 1.165) is 17.9 Å². The Bertz CT molecular complexity index is 657. The molecule has 2 N–H and O–H groups in total. The van der Waals surface area contributed by atoms with Gasteiger partial charge >= 0.3 is 0 Å². The average Bonchev–Trinajstić information content (AvgIpc) is 2.80. The van der Waals surface area contributed by atoms with E-state index in [4.69, 9.17) is 12.2 Å². The van der Waals surface area contributed by atoms with Crippen LogP contribution >= 0.6 is 12.2 Å². The van der Waals surface area contributed by atoms with Crippen LogP contribution in [-0.4, -0.2) is 20.7 Å². The van der Waals surface area contributed by atoms with Gasteiger partial charge in [-0.1, -0.05) is 17.7 Å². The lowest BCUT2D eigenvalue weighted by Crippen LogP contribution is -2.28. The van der Waals surface area contributed by atoms with Crippen LogP contribution in [0.1, 0.15) is 41.6 Å². The fourth-order valence-corrected chi connectivity index (χ4v) is 2.28. The summed E-state index contributed by atoms with van der Waals surface area (Å²) in [6.07, 6.45) is 0. The van der Waals surface area contributed by atoms with Crippen LogP contribution in [0.15, 0.2) is 24.3 Å². The first kappa shape index (κ1) is 14.5. The lowest BCUT2D eigenvalue weighted by molar-refractivity contribution is 0.0937. The second kappa shape index (κ2) is 6.00. The number of hydrogen-bond acceptors (Lipinski definition) is 3. The molecule has 0 aliphatic carbocycles. The Hall–Kier alpha value is -1.95. The van der Waals surface area contributed by atoms with E-state index < -0.39 is 0 Å². The summed E-state index contributed by atoms with van der Waals surface area (Å²) in [7, 11) is 0. The fourth-order valence-electron chi connectivity index (χ4n) is 2.02. The topological polar surface area (TPSA) is 62.7 Å². The zero-order chi connectivity index (χ0) is 14.7. The zero-order valence-electron chi connectivity index (χ0n) is 11.8. The standard InChI is InChI=1S/C14H18N4OS/c1-4-18-12(16-17-14(18)20)10(3)15-13(19)11-7-5-9(2)6-8-11/h5-8,10H,4H2,1-3H3,(H,15,19)(H,17,20)/t10-/m1/s1. The second-order valence-electron chi connectivity index (χ2n) is 4.69. The van der Waals surface area contributed by atoms with E-state index in [2.05, 4.69) is 15.5 Å². The minimum Gasteiger partial charge on any atom is -0.342 e. The maximum absolute atomic E-state index is 12.2. The van der Waals surface area contributed by atoms with Gasteiger partial charge in [-0.3, -0.25) is 9.89 Å². The van der Waals surface area contributed by atoms with Crippen LogP contribution in [0.3, 0.4) is 0 Å². The van der Waals surface area contributed by atoms with Gasteiger partial charge in [0.15, 0.2) is 10.6 Å². The predicted octanol–water partition coefficient (Wildman–Crippen LogP) is 2.76. The van der Waals surface area contributed by atoms with Crippen molar-refractivity contribution < 1.29 is 4.79 Å². The van der Waals surface area contributed by atoms with Gasteiger partial charge in [0.1, 0.15) is 0 Å². The number of hydrogen-bond donors (Lipinski definition) is 2. The molecular weight excluding hydrogens is 272 g/mol. The largest absolute Gasteiger partial charge is 0.342 e. The van der Waals surface area contributed by atoms with Gasteiger partial charge in [0.05, 0.1) is 6.04 Å². The molecule has 106 valence electrons. The number of aromatic nitrogens is 3. The highest BCUT2D eigenvalue weighted by Gasteiger charge is 2.16.